The number of hydrogen-bond donors (Lipinski definition) is 0. The molecule has 0 amide bonds. The zero-order valence-electron chi connectivity index (χ0n) is 15.2. The molecular weight excluding hydrogens is 358 g/mol. The number of nitrogens with zero attached hydrogens (tertiary/aromatic N) is 9. The fraction of sp³-hybridized carbons (Fsp3) is 0.333. The average molecular weight is 377 g/mol. The normalized spacial score (nSPS) is 15.4. The lowest BCUT2D eigenvalue weighted by Crippen LogP contribution is -2.37. The molecule has 1 saturated heterocycles. The molecule has 0 aliphatic carbocycles. The van der Waals surface area contributed by atoms with Crippen molar-refractivity contribution >= 4 is 11.5 Å². The molecule has 28 heavy (non-hydrogen) atoms. The SMILES string of the molecule is O=c1ccc(-n2cncn2)nn1CC1CCN(c2ccc3nccn3n2)CC1. The summed E-state index contributed by atoms with van der Waals surface area (Å²) in [6.07, 6.45) is 8.57. The second kappa shape index (κ2) is 6.87. The molecule has 0 bridgehead atoms. The minimum absolute atomic E-state index is 0.0986. The van der Waals surface area contributed by atoms with Crippen LogP contribution in [0.15, 0.2) is 54.1 Å². The number of fused-ring (bicyclic) bond motifs is 1. The Bertz CT molecular complexity index is 1140. The molecule has 0 spiro atoms. The molecule has 4 aromatic heterocycles. The maximum atomic E-state index is 12.2. The Morgan fingerprint density at radius 3 is 2.71 bits per heavy atom. The molecule has 10 heteroatoms. The van der Waals surface area contributed by atoms with Crippen molar-refractivity contribution in [3.63, 3.8) is 0 Å². The third-order valence-corrected chi connectivity index (χ3v) is 5.12. The molecule has 5 rings (SSSR count). The van der Waals surface area contributed by atoms with Crippen LogP contribution in [-0.2, 0) is 6.54 Å². The van der Waals surface area contributed by atoms with Crippen LogP contribution >= 0.6 is 0 Å². The monoisotopic (exact) mass is 377 g/mol. The van der Waals surface area contributed by atoms with Gasteiger partial charge in [-0.2, -0.15) is 5.10 Å². The van der Waals surface area contributed by atoms with Crippen LogP contribution in [0.4, 0.5) is 5.82 Å². The quantitative estimate of drug-likeness (QED) is 0.518. The van der Waals surface area contributed by atoms with Crippen LogP contribution in [0.3, 0.4) is 0 Å². The molecule has 0 N–H and O–H groups in total. The Morgan fingerprint density at radius 1 is 1.04 bits per heavy atom. The standard InChI is InChI=1S/C18H19N9O/c28-18-4-3-17(27-13-19-12-21-27)23-26(18)11-14-5-8-24(9-6-14)16-2-1-15-20-7-10-25(15)22-16/h1-4,7,10,12-14H,5-6,8-9,11H2. The van der Waals surface area contributed by atoms with E-state index < -0.39 is 0 Å². The van der Waals surface area contributed by atoms with Crippen LogP contribution in [0.2, 0.25) is 0 Å². The van der Waals surface area contributed by atoms with Gasteiger partial charge in [0, 0.05) is 38.1 Å². The van der Waals surface area contributed by atoms with E-state index in [1.165, 1.54) is 17.1 Å². The minimum Gasteiger partial charge on any atom is -0.355 e. The van der Waals surface area contributed by atoms with Crippen LogP contribution in [0.1, 0.15) is 12.8 Å². The predicted molar refractivity (Wildman–Crippen MR) is 101 cm³/mol. The molecule has 1 aliphatic heterocycles. The van der Waals surface area contributed by atoms with Crippen LogP contribution in [0.5, 0.6) is 0 Å². The Morgan fingerprint density at radius 2 is 1.89 bits per heavy atom. The van der Waals surface area contributed by atoms with Gasteiger partial charge in [0.1, 0.15) is 18.5 Å². The summed E-state index contributed by atoms with van der Waals surface area (Å²) in [5, 5.41) is 13.1. The fourth-order valence-electron chi connectivity index (χ4n) is 3.58. The van der Waals surface area contributed by atoms with E-state index in [9.17, 15) is 4.79 Å². The van der Waals surface area contributed by atoms with Crippen LogP contribution in [0, 0.1) is 5.92 Å². The fourth-order valence-corrected chi connectivity index (χ4v) is 3.58. The highest BCUT2D eigenvalue weighted by Gasteiger charge is 2.22. The second-order valence-electron chi connectivity index (χ2n) is 6.90. The lowest BCUT2D eigenvalue weighted by molar-refractivity contribution is 0.333. The molecule has 0 aromatic carbocycles. The summed E-state index contributed by atoms with van der Waals surface area (Å²) < 4.78 is 4.88. The summed E-state index contributed by atoms with van der Waals surface area (Å²) in [5.41, 5.74) is 0.745. The molecule has 142 valence electrons. The Balaban J connectivity index is 1.27. The molecule has 1 fully saturated rings. The van der Waals surface area contributed by atoms with Crippen molar-refractivity contribution in [1.82, 2.24) is 39.1 Å². The Labute approximate surface area is 160 Å². The lowest BCUT2D eigenvalue weighted by atomic mass is 9.97. The van der Waals surface area contributed by atoms with E-state index in [1.54, 1.807) is 27.8 Å². The number of rotatable bonds is 4. The van der Waals surface area contributed by atoms with Gasteiger partial charge in [-0.25, -0.2) is 23.8 Å². The van der Waals surface area contributed by atoms with E-state index in [0.29, 0.717) is 18.3 Å². The van der Waals surface area contributed by atoms with Gasteiger partial charge in [0.2, 0.25) is 0 Å². The largest absolute Gasteiger partial charge is 0.355 e. The lowest BCUT2D eigenvalue weighted by Gasteiger charge is -2.32. The number of piperidine rings is 1. The third-order valence-electron chi connectivity index (χ3n) is 5.12. The Hall–Kier alpha value is -3.56. The van der Waals surface area contributed by atoms with Crippen LogP contribution < -0.4 is 10.5 Å². The average Bonchev–Trinajstić information content (AvgIpc) is 3.41. The molecule has 1 aliphatic rings. The van der Waals surface area contributed by atoms with E-state index in [4.69, 9.17) is 0 Å². The summed E-state index contributed by atoms with van der Waals surface area (Å²) in [7, 11) is 0. The summed E-state index contributed by atoms with van der Waals surface area (Å²) in [4.78, 5) is 22.7. The predicted octanol–water partition coefficient (Wildman–Crippen LogP) is 0.783. The molecular formula is C18H19N9O. The zero-order valence-corrected chi connectivity index (χ0v) is 15.2. The molecule has 10 nitrogen and oxygen atoms in total. The van der Waals surface area contributed by atoms with Gasteiger partial charge in [0.25, 0.3) is 5.56 Å². The first-order valence-electron chi connectivity index (χ1n) is 9.25. The third kappa shape index (κ3) is 3.13. The van der Waals surface area contributed by atoms with Crippen molar-refractivity contribution in [3.05, 3.63) is 59.7 Å². The smallest absolute Gasteiger partial charge is 0.266 e. The van der Waals surface area contributed by atoms with Crippen molar-refractivity contribution in [2.45, 2.75) is 19.4 Å². The highest BCUT2D eigenvalue weighted by atomic mass is 16.1. The maximum absolute atomic E-state index is 12.2. The van der Waals surface area contributed by atoms with Gasteiger partial charge in [-0.05, 0) is 37.0 Å². The van der Waals surface area contributed by atoms with Gasteiger partial charge in [-0.15, -0.1) is 10.2 Å². The Kier molecular flexibility index (Phi) is 4.08. The van der Waals surface area contributed by atoms with Crippen molar-refractivity contribution in [2.75, 3.05) is 18.0 Å². The number of aromatic nitrogens is 8. The molecule has 4 aromatic rings. The first-order valence-corrected chi connectivity index (χ1v) is 9.25. The van der Waals surface area contributed by atoms with E-state index in [1.807, 2.05) is 18.3 Å². The van der Waals surface area contributed by atoms with Crippen LogP contribution in [0.25, 0.3) is 11.5 Å². The minimum atomic E-state index is -0.0986. The van der Waals surface area contributed by atoms with Crippen molar-refractivity contribution in [1.29, 1.82) is 0 Å². The van der Waals surface area contributed by atoms with Crippen molar-refractivity contribution in [3.8, 4) is 5.82 Å². The van der Waals surface area contributed by atoms with E-state index in [-0.39, 0.29) is 5.56 Å². The molecule has 5 heterocycles. The summed E-state index contributed by atoms with van der Waals surface area (Å²) in [6.45, 7) is 2.40. The van der Waals surface area contributed by atoms with Gasteiger partial charge in [-0.3, -0.25) is 4.79 Å². The van der Waals surface area contributed by atoms with Gasteiger partial charge < -0.3 is 4.90 Å². The summed E-state index contributed by atoms with van der Waals surface area (Å²) in [6, 6.07) is 7.18. The number of imidazole rings is 1. The van der Waals surface area contributed by atoms with Gasteiger partial charge in [-0.1, -0.05) is 0 Å². The highest BCUT2D eigenvalue weighted by molar-refractivity contribution is 5.45. The van der Waals surface area contributed by atoms with E-state index in [0.717, 1.165) is 37.4 Å². The van der Waals surface area contributed by atoms with Crippen molar-refractivity contribution in [2.24, 2.45) is 5.92 Å². The van der Waals surface area contributed by atoms with E-state index >= 15 is 0 Å². The first-order chi connectivity index (χ1) is 13.8. The summed E-state index contributed by atoms with van der Waals surface area (Å²) >= 11 is 0. The molecule has 0 unspecified atom stereocenters. The molecule has 0 saturated carbocycles. The number of hydrogen-bond acceptors (Lipinski definition) is 7. The maximum Gasteiger partial charge on any atom is 0.266 e. The van der Waals surface area contributed by atoms with Crippen molar-refractivity contribution < 1.29 is 0 Å². The first kappa shape index (κ1) is 16.6. The topological polar surface area (TPSA) is 99.0 Å². The molecule has 0 radical (unpaired) electrons. The van der Waals surface area contributed by atoms with Gasteiger partial charge in [0.15, 0.2) is 11.5 Å². The zero-order chi connectivity index (χ0) is 18.9. The second-order valence-corrected chi connectivity index (χ2v) is 6.90. The summed E-state index contributed by atoms with van der Waals surface area (Å²) in [5.74, 6) is 1.93. The molecule has 0 atom stereocenters. The van der Waals surface area contributed by atoms with Gasteiger partial charge >= 0.3 is 0 Å². The van der Waals surface area contributed by atoms with Crippen LogP contribution in [-0.4, -0.2) is 52.2 Å². The highest BCUT2D eigenvalue weighted by Crippen LogP contribution is 2.22. The number of anilines is 1. The van der Waals surface area contributed by atoms with E-state index in [2.05, 4.69) is 30.2 Å². The van der Waals surface area contributed by atoms with Gasteiger partial charge in [0.05, 0.1) is 0 Å².